The molecule has 1 saturated carbocycles. The van der Waals surface area contributed by atoms with E-state index >= 15 is 0 Å². The number of hydrogen-bond acceptors (Lipinski definition) is 3. The molecule has 0 saturated heterocycles. The van der Waals surface area contributed by atoms with Gasteiger partial charge in [-0.3, -0.25) is 0 Å². The lowest BCUT2D eigenvalue weighted by atomic mass is 10.1. The zero-order valence-corrected chi connectivity index (χ0v) is 11.3. The molecule has 90 valence electrons. The molecule has 1 heterocycles. The highest BCUT2D eigenvalue weighted by molar-refractivity contribution is 7.12. The molecule has 1 fully saturated rings. The van der Waals surface area contributed by atoms with Crippen molar-refractivity contribution in [2.75, 3.05) is 0 Å². The number of rotatable bonds is 5. The molecule has 1 aliphatic rings. The van der Waals surface area contributed by atoms with Gasteiger partial charge in [-0.1, -0.05) is 13.8 Å². The van der Waals surface area contributed by atoms with Gasteiger partial charge >= 0.3 is 0 Å². The van der Waals surface area contributed by atoms with Gasteiger partial charge in [0.05, 0.1) is 10.7 Å². The molecule has 0 aliphatic heterocycles. The van der Waals surface area contributed by atoms with Crippen LogP contribution in [0.25, 0.3) is 0 Å². The molecule has 2 nitrogen and oxygen atoms in total. The van der Waals surface area contributed by atoms with Crippen LogP contribution in [-0.2, 0) is 0 Å². The third-order valence-corrected chi connectivity index (χ3v) is 4.84. The number of thiazole rings is 1. The Kier molecular flexibility index (Phi) is 3.65. The quantitative estimate of drug-likeness (QED) is 0.843. The molecule has 2 N–H and O–H groups in total. The minimum absolute atomic E-state index is 0.149. The summed E-state index contributed by atoms with van der Waals surface area (Å²) in [5, 5.41) is 1.32. The van der Waals surface area contributed by atoms with Crippen LogP contribution in [-0.4, -0.2) is 4.98 Å². The van der Waals surface area contributed by atoms with Crippen LogP contribution in [0.1, 0.15) is 79.9 Å². The Morgan fingerprint density at radius 2 is 2.00 bits per heavy atom. The fourth-order valence-corrected chi connectivity index (χ4v) is 3.52. The van der Waals surface area contributed by atoms with Gasteiger partial charge in [-0.05, 0) is 32.6 Å². The molecule has 0 bridgehead atoms. The first-order valence-electron chi connectivity index (χ1n) is 6.43. The van der Waals surface area contributed by atoms with Crippen molar-refractivity contribution < 1.29 is 0 Å². The van der Waals surface area contributed by atoms with Crippen molar-refractivity contribution in [2.45, 2.75) is 64.3 Å². The van der Waals surface area contributed by atoms with Crippen molar-refractivity contribution >= 4 is 11.3 Å². The van der Waals surface area contributed by atoms with Crippen LogP contribution in [0.2, 0.25) is 0 Å². The van der Waals surface area contributed by atoms with Crippen molar-refractivity contribution in [3.63, 3.8) is 0 Å². The van der Waals surface area contributed by atoms with E-state index in [1.165, 1.54) is 41.3 Å². The van der Waals surface area contributed by atoms with Gasteiger partial charge in [-0.2, -0.15) is 0 Å². The highest BCUT2D eigenvalue weighted by atomic mass is 32.1. The van der Waals surface area contributed by atoms with Crippen LogP contribution in [0.5, 0.6) is 0 Å². The maximum Gasteiger partial charge on any atom is 0.0962 e. The molecule has 1 aromatic rings. The van der Waals surface area contributed by atoms with E-state index in [4.69, 9.17) is 10.7 Å². The number of nitrogens with zero attached hydrogens (tertiary/aromatic N) is 1. The SMILES string of the molecule is CCC(CC)c1nc(C2CC2)c(C(C)N)s1. The molecule has 0 aromatic carbocycles. The number of nitrogens with two attached hydrogens (primary N) is 1. The van der Waals surface area contributed by atoms with E-state index in [0.29, 0.717) is 5.92 Å². The summed E-state index contributed by atoms with van der Waals surface area (Å²) in [6.07, 6.45) is 5.00. The van der Waals surface area contributed by atoms with E-state index in [1.807, 2.05) is 11.3 Å². The lowest BCUT2D eigenvalue weighted by Gasteiger charge is -2.07. The third kappa shape index (κ3) is 2.30. The van der Waals surface area contributed by atoms with Crippen LogP contribution in [0, 0.1) is 0 Å². The molecule has 0 spiro atoms. The van der Waals surface area contributed by atoms with Crippen LogP contribution >= 0.6 is 11.3 Å². The Morgan fingerprint density at radius 3 is 2.44 bits per heavy atom. The molecule has 0 amide bonds. The van der Waals surface area contributed by atoms with E-state index < -0.39 is 0 Å². The summed E-state index contributed by atoms with van der Waals surface area (Å²) in [5.41, 5.74) is 7.37. The van der Waals surface area contributed by atoms with Crippen molar-refractivity contribution in [3.8, 4) is 0 Å². The first-order valence-corrected chi connectivity index (χ1v) is 7.25. The second kappa shape index (κ2) is 4.84. The van der Waals surface area contributed by atoms with E-state index in [9.17, 15) is 0 Å². The minimum Gasteiger partial charge on any atom is -0.323 e. The van der Waals surface area contributed by atoms with Crippen molar-refractivity contribution in [3.05, 3.63) is 15.6 Å². The zero-order chi connectivity index (χ0) is 11.7. The standard InChI is InChI=1S/C13H22N2S/c1-4-9(5-2)13-15-11(10-6-7-10)12(16-13)8(3)14/h8-10H,4-7,14H2,1-3H3. The van der Waals surface area contributed by atoms with Crippen LogP contribution < -0.4 is 5.73 Å². The Hall–Kier alpha value is -0.410. The Labute approximate surface area is 102 Å². The first-order chi connectivity index (χ1) is 7.67. The van der Waals surface area contributed by atoms with E-state index in [-0.39, 0.29) is 6.04 Å². The van der Waals surface area contributed by atoms with Crippen molar-refractivity contribution in [1.29, 1.82) is 0 Å². The normalized spacial score (nSPS) is 18.1. The van der Waals surface area contributed by atoms with Gasteiger partial charge in [0.15, 0.2) is 0 Å². The van der Waals surface area contributed by atoms with Gasteiger partial charge in [0.25, 0.3) is 0 Å². The predicted molar refractivity (Wildman–Crippen MR) is 70.0 cm³/mol. The monoisotopic (exact) mass is 238 g/mol. The average Bonchev–Trinajstić information content (AvgIpc) is 3.01. The summed E-state index contributed by atoms with van der Waals surface area (Å²) in [6.45, 7) is 6.58. The number of aromatic nitrogens is 1. The Morgan fingerprint density at radius 1 is 1.38 bits per heavy atom. The van der Waals surface area contributed by atoms with Crippen molar-refractivity contribution in [1.82, 2.24) is 4.98 Å². The summed E-state index contributed by atoms with van der Waals surface area (Å²) in [4.78, 5) is 6.21. The fraction of sp³-hybridized carbons (Fsp3) is 0.769. The second-order valence-electron chi connectivity index (χ2n) is 4.88. The average molecular weight is 238 g/mol. The molecule has 1 aliphatic carbocycles. The Bertz CT molecular complexity index is 329. The molecule has 1 unspecified atom stereocenters. The van der Waals surface area contributed by atoms with Crippen LogP contribution in [0.3, 0.4) is 0 Å². The van der Waals surface area contributed by atoms with Gasteiger partial charge in [-0.25, -0.2) is 4.98 Å². The summed E-state index contributed by atoms with van der Waals surface area (Å²) >= 11 is 1.86. The molecule has 0 radical (unpaired) electrons. The van der Waals surface area contributed by atoms with E-state index in [0.717, 1.165) is 5.92 Å². The van der Waals surface area contributed by atoms with Gasteiger partial charge in [0.2, 0.25) is 0 Å². The lowest BCUT2D eigenvalue weighted by Crippen LogP contribution is -2.05. The predicted octanol–water partition coefficient (Wildman–Crippen LogP) is 3.94. The molecule has 1 atom stereocenters. The van der Waals surface area contributed by atoms with Crippen molar-refractivity contribution in [2.24, 2.45) is 5.73 Å². The van der Waals surface area contributed by atoms with E-state index in [1.54, 1.807) is 0 Å². The fourth-order valence-electron chi connectivity index (χ4n) is 2.15. The molecule has 1 aromatic heterocycles. The maximum atomic E-state index is 6.05. The summed E-state index contributed by atoms with van der Waals surface area (Å²) in [5.74, 6) is 1.36. The molecule has 2 rings (SSSR count). The van der Waals surface area contributed by atoms with Gasteiger partial charge in [-0.15, -0.1) is 11.3 Å². The summed E-state index contributed by atoms with van der Waals surface area (Å²) < 4.78 is 0. The molecular formula is C13H22N2S. The second-order valence-corrected chi connectivity index (χ2v) is 5.94. The molecular weight excluding hydrogens is 216 g/mol. The molecule has 3 heteroatoms. The highest BCUT2D eigenvalue weighted by Crippen LogP contribution is 2.45. The van der Waals surface area contributed by atoms with Crippen LogP contribution in [0.15, 0.2) is 0 Å². The smallest absolute Gasteiger partial charge is 0.0962 e. The maximum absolute atomic E-state index is 6.05. The summed E-state index contributed by atoms with van der Waals surface area (Å²) in [6, 6.07) is 0.149. The largest absolute Gasteiger partial charge is 0.323 e. The topological polar surface area (TPSA) is 38.9 Å². The zero-order valence-electron chi connectivity index (χ0n) is 10.5. The van der Waals surface area contributed by atoms with Gasteiger partial charge in [0, 0.05) is 22.8 Å². The number of hydrogen-bond donors (Lipinski definition) is 1. The molecule has 16 heavy (non-hydrogen) atoms. The van der Waals surface area contributed by atoms with E-state index in [2.05, 4.69) is 20.8 Å². The minimum atomic E-state index is 0.149. The van der Waals surface area contributed by atoms with Gasteiger partial charge in [0.1, 0.15) is 0 Å². The summed E-state index contributed by atoms with van der Waals surface area (Å²) in [7, 11) is 0. The van der Waals surface area contributed by atoms with Crippen LogP contribution in [0.4, 0.5) is 0 Å². The first kappa shape index (κ1) is 12.1. The lowest BCUT2D eigenvalue weighted by molar-refractivity contribution is 0.634. The van der Waals surface area contributed by atoms with Gasteiger partial charge < -0.3 is 5.73 Å². The highest BCUT2D eigenvalue weighted by Gasteiger charge is 2.31. The Balaban J connectivity index is 2.30. The third-order valence-electron chi connectivity index (χ3n) is 3.41.